The van der Waals surface area contributed by atoms with Gasteiger partial charge in [0, 0.05) is 19.0 Å². The van der Waals surface area contributed by atoms with Crippen LogP contribution in [0.25, 0.3) is 5.65 Å². The number of carbonyl (C=O) groups is 1. The third-order valence-electron chi connectivity index (χ3n) is 2.28. The second kappa shape index (κ2) is 4.69. The van der Waals surface area contributed by atoms with E-state index in [4.69, 9.17) is 5.11 Å². The molecule has 0 aliphatic rings. The average molecular weight is 220 g/mol. The fourth-order valence-electron chi connectivity index (χ4n) is 1.51. The van der Waals surface area contributed by atoms with Crippen molar-refractivity contribution in [1.82, 2.24) is 19.8 Å². The molecule has 16 heavy (non-hydrogen) atoms. The highest BCUT2D eigenvalue weighted by Gasteiger charge is 2.05. The number of aryl methyl sites for hydroxylation is 1. The van der Waals surface area contributed by atoms with Crippen LogP contribution in [0.5, 0.6) is 0 Å². The molecule has 0 amide bonds. The highest BCUT2D eigenvalue weighted by atomic mass is 16.4. The van der Waals surface area contributed by atoms with Crippen LogP contribution >= 0.6 is 0 Å². The molecular weight excluding hydrogens is 208 g/mol. The molecule has 1 N–H and O–H groups in total. The molecule has 0 bridgehead atoms. The van der Waals surface area contributed by atoms with Gasteiger partial charge in [-0.1, -0.05) is 0 Å². The molecule has 0 atom stereocenters. The second-order valence-electron chi connectivity index (χ2n) is 3.51. The van der Waals surface area contributed by atoms with E-state index < -0.39 is 5.97 Å². The van der Waals surface area contributed by atoms with Crippen molar-refractivity contribution < 1.29 is 9.90 Å². The lowest BCUT2D eigenvalue weighted by molar-refractivity contribution is -0.137. The molecule has 0 radical (unpaired) electrons. The third kappa shape index (κ3) is 2.33. The Hall–Kier alpha value is -1.98. The molecule has 2 rings (SSSR count). The number of nitrogens with zero attached hydrogens (tertiary/aromatic N) is 4. The summed E-state index contributed by atoms with van der Waals surface area (Å²) in [6, 6.07) is 3.64. The zero-order chi connectivity index (χ0) is 11.4. The number of unbranched alkanes of at least 4 members (excludes halogenated alkanes) is 1. The number of aromatic nitrogens is 4. The third-order valence-corrected chi connectivity index (χ3v) is 2.28. The first-order valence-electron chi connectivity index (χ1n) is 5.14. The summed E-state index contributed by atoms with van der Waals surface area (Å²) in [4.78, 5) is 10.3. The molecule has 2 aromatic heterocycles. The van der Waals surface area contributed by atoms with E-state index in [9.17, 15) is 4.79 Å². The Labute approximate surface area is 91.9 Å². The Morgan fingerprint density at radius 1 is 1.38 bits per heavy atom. The Bertz CT molecular complexity index is 494. The number of fused-ring (bicyclic) bond motifs is 1. The van der Waals surface area contributed by atoms with Gasteiger partial charge in [-0.3, -0.25) is 4.79 Å². The average Bonchev–Trinajstić information content (AvgIpc) is 2.68. The lowest BCUT2D eigenvalue weighted by atomic mass is 10.2. The van der Waals surface area contributed by atoms with E-state index in [2.05, 4.69) is 15.3 Å². The van der Waals surface area contributed by atoms with Gasteiger partial charge in [-0.25, -0.2) is 0 Å². The van der Waals surface area contributed by atoms with Gasteiger partial charge in [0.15, 0.2) is 11.5 Å². The van der Waals surface area contributed by atoms with Gasteiger partial charge >= 0.3 is 5.97 Å². The van der Waals surface area contributed by atoms with Crippen LogP contribution in [0.4, 0.5) is 0 Å². The summed E-state index contributed by atoms with van der Waals surface area (Å²) in [7, 11) is 0. The minimum atomic E-state index is -0.760. The van der Waals surface area contributed by atoms with Crippen LogP contribution in [0.3, 0.4) is 0 Å². The molecule has 2 heterocycles. The van der Waals surface area contributed by atoms with E-state index in [0.717, 1.165) is 17.9 Å². The van der Waals surface area contributed by atoms with Gasteiger partial charge in [0.25, 0.3) is 0 Å². The SMILES string of the molecule is O=C(O)CCCCc1nnc2cccnn12. The Morgan fingerprint density at radius 2 is 2.25 bits per heavy atom. The van der Waals surface area contributed by atoms with E-state index in [1.54, 1.807) is 16.8 Å². The van der Waals surface area contributed by atoms with Crippen LogP contribution in [-0.4, -0.2) is 30.9 Å². The summed E-state index contributed by atoms with van der Waals surface area (Å²) in [6.45, 7) is 0. The fourth-order valence-corrected chi connectivity index (χ4v) is 1.51. The van der Waals surface area contributed by atoms with Crippen molar-refractivity contribution in [2.75, 3.05) is 0 Å². The van der Waals surface area contributed by atoms with Crippen molar-refractivity contribution in [2.45, 2.75) is 25.7 Å². The Balaban J connectivity index is 1.97. The van der Waals surface area contributed by atoms with Gasteiger partial charge in [0.1, 0.15) is 0 Å². The molecule has 2 aromatic rings. The van der Waals surface area contributed by atoms with Crippen molar-refractivity contribution in [3.8, 4) is 0 Å². The molecule has 0 saturated heterocycles. The van der Waals surface area contributed by atoms with Crippen molar-refractivity contribution in [3.05, 3.63) is 24.2 Å². The predicted octanol–water partition coefficient (Wildman–Crippen LogP) is 0.922. The van der Waals surface area contributed by atoms with Crippen LogP contribution in [0.1, 0.15) is 25.1 Å². The number of aliphatic carboxylic acids is 1. The van der Waals surface area contributed by atoms with E-state index in [-0.39, 0.29) is 6.42 Å². The predicted molar refractivity (Wildman–Crippen MR) is 56.0 cm³/mol. The quantitative estimate of drug-likeness (QED) is 0.758. The minimum absolute atomic E-state index is 0.199. The minimum Gasteiger partial charge on any atom is -0.481 e. The maximum atomic E-state index is 10.3. The van der Waals surface area contributed by atoms with Gasteiger partial charge in [0.05, 0.1) is 0 Å². The first-order chi connectivity index (χ1) is 7.77. The van der Waals surface area contributed by atoms with Gasteiger partial charge in [-0.15, -0.1) is 10.2 Å². The van der Waals surface area contributed by atoms with Crippen molar-refractivity contribution in [1.29, 1.82) is 0 Å². The number of rotatable bonds is 5. The highest BCUT2D eigenvalue weighted by molar-refractivity contribution is 5.66. The molecule has 0 aromatic carbocycles. The van der Waals surface area contributed by atoms with Gasteiger partial charge in [0.2, 0.25) is 0 Å². The standard InChI is InChI=1S/C10H12N4O2/c15-10(16)6-2-1-4-8-12-13-9-5-3-7-11-14(8)9/h3,5,7H,1-2,4,6H2,(H,15,16). The summed E-state index contributed by atoms with van der Waals surface area (Å²) in [5.74, 6) is 0.0187. The van der Waals surface area contributed by atoms with Gasteiger partial charge in [-0.2, -0.15) is 9.61 Å². The molecule has 6 heteroatoms. The lowest BCUT2D eigenvalue weighted by Crippen LogP contribution is -1.99. The monoisotopic (exact) mass is 220 g/mol. The summed E-state index contributed by atoms with van der Waals surface area (Å²) in [6.07, 6.45) is 4.01. The smallest absolute Gasteiger partial charge is 0.303 e. The zero-order valence-electron chi connectivity index (χ0n) is 8.70. The van der Waals surface area contributed by atoms with Crippen molar-refractivity contribution >= 4 is 11.6 Å². The summed E-state index contributed by atoms with van der Waals surface area (Å²) >= 11 is 0. The van der Waals surface area contributed by atoms with E-state index in [1.807, 2.05) is 6.07 Å². The molecule has 6 nitrogen and oxygen atoms in total. The second-order valence-corrected chi connectivity index (χ2v) is 3.51. The summed E-state index contributed by atoms with van der Waals surface area (Å²) in [5.41, 5.74) is 0.718. The van der Waals surface area contributed by atoms with Crippen LogP contribution < -0.4 is 0 Å². The maximum absolute atomic E-state index is 10.3. The molecule has 0 fully saturated rings. The first-order valence-corrected chi connectivity index (χ1v) is 5.14. The summed E-state index contributed by atoms with van der Waals surface area (Å²) < 4.78 is 1.68. The normalized spacial score (nSPS) is 10.8. The molecular formula is C10H12N4O2. The topological polar surface area (TPSA) is 80.4 Å². The first kappa shape index (κ1) is 10.5. The zero-order valence-corrected chi connectivity index (χ0v) is 8.70. The van der Waals surface area contributed by atoms with Gasteiger partial charge in [-0.05, 0) is 25.0 Å². The molecule has 0 aliphatic carbocycles. The number of carboxylic acid groups (broad SMARTS) is 1. The van der Waals surface area contributed by atoms with Crippen LogP contribution in [0.2, 0.25) is 0 Å². The Morgan fingerprint density at radius 3 is 3.06 bits per heavy atom. The number of carboxylic acids is 1. The highest BCUT2D eigenvalue weighted by Crippen LogP contribution is 2.05. The molecule has 0 saturated carbocycles. The molecule has 0 aliphatic heterocycles. The van der Waals surface area contributed by atoms with Crippen molar-refractivity contribution in [2.24, 2.45) is 0 Å². The van der Waals surface area contributed by atoms with E-state index in [0.29, 0.717) is 12.8 Å². The largest absolute Gasteiger partial charge is 0.481 e. The molecule has 0 spiro atoms. The van der Waals surface area contributed by atoms with Crippen LogP contribution in [0, 0.1) is 0 Å². The van der Waals surface area contributed by atoms with Crippen LogP contribution in [-0.2, 0) is 11.2 Å². The van der Waals surface area contributed by atoms with E-state index in [1.165, 1.54) is 0 Å². The molecule has 0 unspecified atom stereocenters. The number of hydrogen-bond acceptors (Lipinski definition) is 4. The lowest BCUT2D eigenvalue weighted by Gasteiger charge is -1.97. The fraction of sp³-hybridized carbons (Fsp3) is 0.400. The van der Waals surface area contributed by atoms with Crippen molar-refractivity contribution in [3.63, 3.8) is 0 Å². The van der Waals surface area contributed by atoms with E-state index >= 15 is 0 Å². The molecule has 84 valence electrons. The number of hydrogen-bond donors (Lipinski definition) is 1. The maximum Gasteiger partial charge on any atom is 0.303 e. The van der Waals surface area contributed by atoms with Crippen LogP contribution in [0.15, 0.2) is 18.3 Å². The summed E-state index contributed by atoms with van der Waals surface area (Å²) in [5, 5.41) is 20.6. The Kier molecular flexibility index (Phi) is 3.09. The van der Waals surface area contributed by atoms with Gasteiger partial charge < -0.3 is 5.11 Å².